The number of halogens is 2. The second kappa shape index (κ2) is 4.86. The van der Waals surface area contributed by atoms with Crippen molar-refractivity contribution in [2.45, 2.75) is 0 Å². The number of hydrogen-bond donors (Lipinski definition) is 1. The molecule has 0 amide bonds. The van der Waals surface area contributed by atoms with Gasteiger partial charge < -0.3 is 9.84 Å². The first kappa shape index (κ1) is 12.1. The van der Waals surface area contributed by atoms with Crippen LogP contribution >= 0.6 is 23.2 Å². The molecule has 0 aliphatic rings. The minimum Gasteiger partial charge on any atom is -0.506 e. The number of benzene rings is 2. The Hall–Kier alpha value is -1.38. The summed E-state index contributed by atoms with van der Waals surface area (Å²) >= 11 is 11.7. The van der Waals surface area contributed by atoms with E-state index in [2.05, 4.69) is 0 Å². The van der Waals surface area contributed by atoms with Crippen molar-refractivity contribution in [2.24, 2.45) is 0 Å². The maximum absolute atomic E-state index is 9.59. The van der Waals surface area contributed by atoms with E-state index in [1.165, 1.54) is 0 Å². The molecule has 0 aliphatic carbocycles. The standard InChI is InChI=1S/C13H10Cl2O2/c1-17-13-5-3-9(14)7-10(13)8-2-4-11(15)12(16)6-8/h2-7,16H,1H3. The SMILES string of the molecule is COc1ccc(Cl)cc1-c1ccc(Cl)c(O)c1. The molecule has 88 valence electrons. The Kier molecular flexibility index (Phi) is 3.46. The minimum absolute atomic E-state index is 0.0335. The number of aromatic hydroxyl groups is 1. The highest BCUT2D eigenvalue weighted by molar-refractivity contribution is 6.32. The smallest absolute Gasteiger partial charge is 0.134 e. The molecule has 4 heteroatoms. The van der Waals surface area contributed by atoms with Crippen LogP contribution in [0.2, 0.25) is 10.0 Å². The van der Waals surface area contributed by atoms with Gasteiger partial charge in [0.1, 0.15) is 11.5 Å². The number of rotatable bonds is 2. The molecular weight excluding hydrogens is 259 g/mol. The van der Waals surface area contributed by atoms with E-state index in [0.29, 0.717) is 15.8 Å². The fourth-order valence-electron chi connectivity index (χ4n) is 1.59. The van der Waals surface area contributed by atoms with Crippen molar-refractivity contribution in [3.63, 3.8) is 0 Å². The Labute approximate surface area is 109 Å². The first-order chi connectivity index (χ1) is 8.11. The fraction of sp³-hybridized carbons (Fsp3) is 0.0769. The zero-order valence-corrected chi connectivity index (χ0v) is 10.6. The molecule has 2 rings (SSSR count). The van der Waals surface area contributed by atoms with Crippen LogP contribution in [0.15, 0.2) is 36.4 Å². The van der Waals surface area contributed by atoms with Gasteiger partial charge in [0.25, 0.3) is 0 Å². The zero-order chi connectivity index (χ0) is 12.4. The zero-order valence-electron chi connectivity index (χ0n) is 9.08. The summed E-state index contributed by atoms with van der Waals surface area (Å²) in [5.41, 5.74) is 1.61. The van der Waals surface area contributed by atoms with Gasteiger partial charge in [0, 0.05) is 10.6 Å². The van der Waals surface area contributed by atoms with Gasteiger partial charge in [-0.05, 0) is 35.9 Å². The Morgan fingerprint density at radius 1 is 1.06 bits per heavy atom. The average molecular weight is 269 g/mol. The number of methoxy groups -OCH3 is 1. The van der Waals surface area contributed by atoms with Crippen molar-refractivity contribution in [3.8, 4) is 22.6 Å². The van der Waals surface area contributed by atoms with Crippen LogP contribution in [-0.2, 0) is 0 Å². The van der Waals surface area contributed by atoms with Crippen LogP contribution in [0.4, 0.5) is 0 Å². The van der Waals surface area contributed by atoms with Crippen molar-refractivity contribution in [1.29, 1.82) is 0 Å². The van der Waals surface area contributed by atoms with E-state index in [9.17, 15) is 5.11 Å². The fourth-order valence-corrected chi connectivity index (χ4v) is 1.88. The molecular formula is C13H10Cl2O2. The van der Waals surface area contributed by atoms with Crippen LogP contribution in [0.25, 0.3) is 11.1 Å². The first-order valence-corrected chi connectivity index (χ1v) is 5.70. The lowest BCUT2D eigenvalue weighted by Gasteiger charge is -2.09. The van der Waals surface area contributed by atoms with E-state index in [-0.39, 0.29) is 5.75 Å². The van der Waals surface area contributed by atoms with Crippen LogP contribution in [0.3, 0.4) is 0 Å². The lowest BCUT2D eigenvalue weighted by atomic mass is 10.0. The van der Waals surface area contributed by atoms with E-state index in [4.69, 9.17) is 27.9 Å². The van der Waals surface area contributed by atoms with E-state index < -0.39 is 0 Å². The summed E-state index contributed by atoms with van der Waals surface area (Å²) in [5.74, 6) is 0.724. The molecule has 0 radical (unpaired) electrons. The second-order valence-electron chi connectivity index (χ2n) is 3.51. The van der Waals surface area contributed by atoms with Crippen LogP contribution < -0.4 is 4.74 Å². The van der Waals surface area contributed by atoms with E-state index >= 15 is 0 Å². The summed E-state index contributed by atoms with van der Waals surface area (Å²) in [5, 5.41) is 10.5. The molecule has 17 heavy (non-hydrogen) atoms. The number of ether oxygens (including phenoxy) is 1. The summed E-state index contributed by atoms with van der Waals surface area (Å²) in [6.45, 7) is 0. The van der Waals surface area contributed by atoms with Crippen molar-refractivity contribution in [1.82, 2.24) is 0 Å². The van der Waals surface area contributed by atoms with Crippen LogP contribution in [0.5, 0.6) is 11.5 Å². The predicted octanol–water partition coefficient (Wildman–Crippen LogP) is 4.37. The molecule has 2 aromatic carbocycles. The molecule has 0 atom stereocenters. The van der Waals surface area contributed by atoms with Gasteiger partial charge >= 0.3 is 0 Å². The molecule has 1 N–H and O–H groups in total. The van der Waals surface area contributed by atoms with Gasteiger partial charge in [-0.25, -0.2) is 0 Å². The van der Waals surface area contributed by atoms with Crippen LogP contribution in [-0.4, -0.2) is 12.2 Å². The van der Waals surface area contributed by atoms with Gasteiger partial charge in [-0.1, -0.05) is 29.3 Å². The van der Waals surface area contributed by atoms with Crippen molar-refractivity contribution >= 4 is 23.2 Å². The van der Waals surface area contributed by atoms with Gasteiger partial charge in [0.2, 0.25) is 0 Å². The highest BCUT2D eigenvalue weighted by Crippen LogP contribution is 2.36. The molecule has 0 fully saturated rings. The van der Waals surface area contributed by atoms with Crippen molar-refractivity contribution < 1.29 is 9.84 Å². The monoisotopic (exact) mass is 268 g/mol. The lowest BCUT2D eigenvalue weighted by molar-refractivity contribution is 0.416. The number of hydrogen-bond acceptors (Lipinski definition) is 2. The van der Waals surface area contributed by atoms with Crippen molar-refractivity contribution in [3.05, 3.63) is 46.4 Å². The van der Waals surface area contributed by atoms with E-state index in [1.54, 1.807) is 43.5 Å². The maximum atomic E-state index is 9.59. The normalized spacial score (nSPS) is 10.3. The van der Waals surface area contributed by atoms with Crippen molar-refractivity contribution in [2.75, 3.05) is 7.11 Å². The second-order valence-corrected chi connectivity index (χ2v) is 4.35. The Balaban J connectivity index is 2.58. The Bertz CT molecular complexity index is 553. The third kappa shape index (κ3) is 2.48. The highest BCUT2D eigenvalue weighted by atomic mass is 35.5. The summed E-state index contributed by atoms with van der Waals surface area (Å²) < 4.78 is 5.25. The molecule has 2 aromatic rings. The lowest BCUT2D eigenvalue weighted by Crippen LogP contribution is -1.87. The van der Waals surface area contributed by atoms with E-state index in [0.717, 1.165) is 11.1 Å². The molecule has 2 nitrogen and oxygen atoms in total. The van der Waals surface area contributed by atoms with E-state index in [1.807, 2.05) is 0 Å². The van der Waals surface area contributed by atoms with Crippen LogP contribution in [0.1, 0.15) is 0 Å². The minimum atomic E-state index is 0.0335. The highest BCUT2D eigenvalue weighted by Gasteiger charge is 2.08. The first-order valence-electron chi connectivity index (χ1n) is 4.94. The average Bonchev–Trinajstić information content (AvgIpc) is 2.32. The van der Waals surface area contributed by atoms with Gasteiger partial charge in [-0.2, -0.15) is 0 Å². The largest absolute Gasteiger partial charge is 0.506 e. The predicted molar refractivity (Wildman–Crippen MR) is 70.1 cm³/mol. The molecule has 0 saturated carbocycles. The molecule has 0 aromatic heterocycles. The molecule has 0 saturated heterocycles. The van der Waals surface area contributed by atoms with Gasteiger partial charge in [0.05, 0.1) is 12.1 Å². The molecule has 0 bridgehead atoms. The topological polar surface area (TPSA) is 29.5 Å². The Morgan fingerprint density at radius 3 is 2.47 bits per heavy atom. The summed E-state index contributed by atoms with van der Waals surface area (Å²) in [6, 6.07) is 10.3. The third-order valence-corrected chi connectivity index (χ3v) is 2.97. The molecule has 0 heterocycles. The quantitative estimate of drug-likeness (QED) is 0.876. The van der Waals surface area contributed by atoms with Gasteiger partial charge in [-0.15, -0.1) is 0 Å². The summed E-state index contributed by atoms with van der Waals surface area (Å²) in [6.07, 6.45) is 0. The number of phenolic OH excluding ortho intramolecular Hbond substituents is 1. The Morgan fingerprint density at radius 2 is 1.82 bits per heavy atom. The number of phenols is 1. The van der Waals surface area contributed by atoms with Gasteiger partial charge in [-0.3, -0.25) is 0 Å². The molecule has 0 unspecified atom stereocenters. The third-order valence-electron chi connectivity index (χ3n) is 2.42. The summed E-state index contributed by atoms with van der Waals surface area (Å²) in [7, 11) is 1.59. The molecule has 0 aliphatic heterocycles. The van der Waals surface area contributed by atoms with Gasteiger partial charge in [0.15, 0.2) is 0 Å². The molecule has 0 spiro atoms. The summed E-state index contributed by atoms with van der Waals surface area (Å²) in [4.78, 5) is 0. The maximum Gasteiger partial charge on any atom is 0.134 e. The van der Waals surface area contributed by atoms with Crippen LogP contribution in [0, 0.1) is 0 Å².